The van der Waals surface area contributed by atoms with E-state index in [-0.39, 0.29) is 0 Å². The zero-order valence-corrected chi connectivity index (χ0v) is 14.9. The Bertz CT molecular complexity index is 1030. The Morgan fingerprint density at radius 2 is 1.65 bits per heavy atom. The molecule has 0 amide bonds. The monoisotopic (exact) mass is 361 g/mol. The minimum Gasteiger partial charge on any atom is -0.497 e. The summed E-state index contributed by atoms with van der Waals surface area (Å²) in [5.41, 5.74) is 4.77. The number of ether oxygens (including phenoxy) is 1. The van der Waals surface area contributed by atoms with Gasteiger partial charge in [-0.1, -0.05) is 35.9 Å². The largest absolute Gasteiger partial charge is 0.497 e. The summed E-state index contributed by atoms with van der Waals surface area (Å²) in [5.74, 6) is 1.57. The highest BCUT2D eigenvalue weighted by atomic mass is 35.5. The molecule has 4 aromatic rings. The lowest BCUT2D eigenvalue weighted by atomic mass is 10.1. The fourth-order valence-electron chi connectivity index (χ4n) is 2.82. The molecule has 1 N–H and O–H groups in total. The first-order chi connectivity index (χ1) is 12.7. The molecule has 0 aliphatic carbocycles. The van der Waals surface area contributed by atoms with Crippen molar-refractivity contribution in [3.63, 3.8) is 0 Å². The van der Waals surface area contributed by atoms with E-state index >= 15 is 0 Å². The summed E-state index contributed by atoms with van der Waals surface area (Å²) in [4.78, 5) is 12.4. The highest BCUT2D eigenvalue weighted by Crippen LogP contribution is 2.33. The first kappa shape index (κ1) is 16.4. The van der Waals surface area contributed by atoms with Gasteiger partial charge >= 0.3 is 0 Å². The molecular formula is C21H16ClN3O. The van der Waals surface area contributed by atoms with Crippen LogP contribution in [0.15, 0.2) is 73.1 Å². The fourth-order valence-corrected chi connectivity index (χ4v) is 2.95. The summed E-state index contributed by atoms with van der Waals surface area (Å²) in [6, 6.07) is 19.4. The van der Waals surface area contributed by atoms with Crippen molar-refractivity contribution in [1.29, 1.82) is 0 Å². The number of hydrogen-bond donors (Lipinski definition) is 1. The van der Waals surface area contributed by atoms with Crippen molar-refractivity contribution in [2.75, 3.05) is 7.11 Å². The van der Waals surface area contributed by atoms with Crippen LogP contribution in [0.2, 0.25) is 5.02 Å². The molecular weight excluding hydrogens is 346 g/mol. The molecule has 5 heteroatoms. The molecule has 26 heavy (non-hydrogen) atoms. The molecule has 0 aliphatic heterocycles. The molecule has 4 nitrogen and oxygen atoms in total. The summed E-state index contributed by atoms with van der Waals surface area (Å²) in [7, 11) is 1.66. The first-order valence-electron chi connectivity index (χ1n) is 8.15. The van der Waals surface area contributed by atoms with E-state index in [2.05, 4.69) is 9.97 Å². The predicted molar refractivity (Wildman–Crippen MR) is 104 cm³/mol. The zero-order valence-electron chi connectivity index (χ0n) is 14.1. The standard InChI is InChI=1S/C21H16ClN3O/c1-26-18-4-2-3-16(13-18)21-24-19(14-5-7-17(22)8-6-14)20(25-21)15-9-11-23-12-10-15/h2-13H,1H3,(H,24,25). The third kappa shape index (κ3) is 3.19. The van der Waals surface area contributed by atoms with Gasteiger partial charge in [-0.3, -0.25) is 4.98 Å². The number of rotatable bonds is 4. The number of halogens is 1. The van der Waals surface area contributed by atoms with E-state index in [4.69, 9.17) is 21.3 Å². The van der Waals surface area contributed by atoms with Crippen LogP contribution in [0.25, 0.3) is 33.9 Å². The third-order valence-corrected chi connectivity index (χ3v) is 4.39. The van der Waals surface area contributed by atoms with Crippen molar-refractivity contribution < 1.29 is 4.74 Å². The van der Waals surface area contributed by atoms with Gasteiger partial charge in [0, 0.05) is 34.1 Å². The topological polar surface area (TPSA) is 50.8 Å². The van der Waals surface area contributed by atoms with E-state index in [1.54, 1.807) is 19.5 Å². The summed E-state index contributed by atoms with van der Waals surface area (Å²) in [6.07, 6.45) is 3.53. The second kappa shape index (κ2) is 7.02. The molecule has 0 fully saturated rings. The van der Waals surface area contributed by atoms with Gasteiger partial charge < -0.3 is 9.72 Å². The second-order valence-corrected chi connectivity index (χ2v) is 6.22. The van der Waals surface area contributed by atoms with Gasteiger partial charge in [0.15, 0.2) is 0 Å². The van der Waals surface area contributed by atoms with Gasteiger partial charge in [-0.15, -0.1) is 0 Å². The number of nitrogens with zero attached hydrogens (tertiary/aromatic N) is 2. The van der Waals surface area contributed by atoms with Crippen LogP contribution < -0.4 is 4.74 Å². The molecule has 2 aromatic carbocycles. The maximum atomic E-state index is 6.04. The highest BCUT2D eigenvalue weighted by molar-refractivity contribution is 6.30. The molecule has 4 rings (SSSR count). The molecule has 0 unspecified atom stereocenters. The van der Waals surface area contributed by atoms with Crippen LogP contribution in [0.1, 0.15) is 0 Å². The van der Waals surface area contributed by atoms with E-state index in [1.165, 1.54) is 0 Å². The third-order valence-electron chi connectivity index (χ3n) is 4.13. The van der Waals surface area contributed by atoms with Gasteiger partial charge in [-0.2, -0.15) is 0 Å². The van der Waals surface area contributed by atoms with E-state index < -0.39 is 0 Å². The summed E-state index contributed by atoms with van der Waals surface area (Å²) >= 11 is 6.04. The molecule has 0 saturated heterocycles. The van der Waals surface area contributed by atoms with Crippen molar-refractivity contribution in [1.82, 2.24) is 15.0 Å². The maximum absolute atomic E-state index is 6.04. The lowest BCUT2D eigenvalue weighted by Crippen LogP contribution is -1.85. The van der Waals surface area contributed by atoms with Gasteiger partial charge in [-0.25, -0.2) is 4.98 Å². The number of imidazole rings is 1. The molecule has 128 valence electrons. The average Bonchev–Trinajstić information content (AvgIpc) is 3.15. The number of hydrogen-bond acceptors (Lipinski definition) is 3. The quantitative estimate of drug-likeness (QED) is 0.524. The van der Waals surface area contributed by atoms with E-state index in [9.17, 15) is 0 Å². The summed E-state index contributed by atoms with van der Waals surface area (Å²) in [6.45, 7) is 0. The minimum absolute atomic E-state index is 0.701. The van der Waals surface area contributed by atoms with Crippen LogP contribution in [0.4, 0.5) is 0 Å². The van der Waals surface area contributed by atoms with Crippen LogP contribution >= 0.6 is 11.6 Å². The molecule has 0 radical (unpaired) electrons. The summed E-state index contributed by atoms with van der Waals surface area (Å²) in [5, 5.41) is 0.701. The normalized spacial score (nSPS) is 10.7. The number of benzene rings is 2. The van der Waals surface area contributed by atoms with Crippen LogP contribution in [-0.2, 0) is 0 Å². The molecule has 0 saturated carbocycles. The van der Waals surface area contributed by atoms with E-state index in [0.29, 0.717) is 5.02 Å². The maximum Gasteiger partial charge on any atom is 0.138 e. The second-order valence-electron chi connectivity index (χ2n) is 5.78. The molecule has 0 bridgehead atoms. The Kier molecular flexibility index (Phi) is 4.42. The van der Waals surface area contributed by atoms with Crippen LogP contribution in [0.5, 0.6) is 5.75 Å². The van der Waals surface area contributed by atoms with Crippen molar-refractivity contribution >= 4 is 11.6 Å². The molecule has 2 heterocycles. The number of nitrogens with one attached hydrogen (secondary N) is 1. The van der Waals surface area contributed by atoms with Crippen molar-refractivity contribution in [2.45, 2.75) is 0 Å². The smallest absolute Gasteiger partial charge is 0.138 e. The SMILES string of the molecule is COc1cccc(-c2nc(-c3ccncc3)c(-c3ccc(Cl)cc3)[nH]2)c1. The Hall–Kier alpha value is -3.11. The lowest BCUT2D eigenvalue weighted by Gasteiger charge is -2.03. The highest BCUT2D eigenvalue weighted by Gasteiger charge is 2.15. The first-order valence-corrected chi connectivity index (χ1v) is 8.53. The molecule has 0 spiro atoms. The number of methoxy groups -OCH3 is 1. The van der Waals surface area contributed by atoms with Gasteiger partial charge in [-0.05, 0) is 36.4 Å². The fraction of sp³-hybridized carbons (Fsp3) is 0.0476. The van der Waals surface area contributed by atoms with Gasteiger partial charge in [0.05, 0.1) is 18.5 Å². The predicted octanol–water partition coefficient (Wildman–Crippen LogP) is 5.47. The zero-order chi connectivity index (χ0) is 17.9. The Balaban J connectivity index is 1.88. The van der Waals surface area contributed by atoms with E-state index in [0.717, 1.165) is 39.7 Å². The number of aromatic nitrogens is 3. The number of H-pyrrole nitrogens is 1. The van der Waals surface area contributed by atoms with E-state index in [1.807, 2.05) is 60.7 Å². The van der Waals surface area contributed by atoms with Gasteiger partial charge in [0.2, 0.25) is 0 Å². The Labute approximate surface area is 156 Å². The molecule has 0 atom stereocenters. The lowest BCUT2D eigenvalue weighted by molar-refractivity contribution is 0.415. The van der Waals surface area contributed by atoms with Gasteiger partial charge in [0.1, 0.15) is 11.6 Å². The Morgan fingerprint density at radius 3 is 2.38 bits per heavy atom. The number of aromatic amines is 1. The summed E-state index contributed by atoms with van der Waals surface area (Å²) < 4.78 is 5.33. The molecule has 0 aliphatic rings. The average molecular weight is 362 g/mol. The van der Waals surface area contributed by atoms with Crippen LogP contribution in [0.3, 0.4) is 0 Å². The van der Waals surface area contributed by atoms with Crippen molar-refractivity contribution in [3.8, 4) is 39.7 Å². The van der Waals surface area contributed by atoms with Crippen LogP contribution in [0, 0.1) is 0 Å². The van der Waals surface area contributed by atoms with Crippen molar-refractivity contribution in [2.24, 2.45) is 0 Å². The Morgan fingerprint density at radius 1 is 0.885 bits per heavy atom. The number of pyridine rings is 1. The van der Waals surface area contributed by atoms with Crippen LogP contribution in [-0.4, -0.2) is 22.1 Å². The molecule has 2 aromatic heterocycles. The van der Waals surface area contributed by atoms with Crippen molar-refractivity contribution in [3.05, 3.63) is 78.1 Å². The van der Waals surface area contributed by atoms with Gasteiger partial charge in [0.25, 0.3) is 0 Å². The minimum atomic E-state index is 0.701.